The maximum absolute atomic E-state index is 12.4. The van der Waals surface area contributed by atoms with Crippen LogP contribution >= 0.6 is 7.26 Å². The predicted octanol–water partition coefficient (Wildman–Crippen LogP) is 2.11. The van der Waals surface area contributed by atoms with Gasteiger partial charge in [-0.15, -0.1) is 0 Å². The molecule has 35 heavy (non-hydrogen) atoms. The molecule has 1 N–H and O–H groups in total. The number of amides is 2. The summed E-state index contributed by atoms with van der Waals surface area (Å²) in [5.74, 6) is -0.567. The van der Waals surface area contributed by atoms with Gasteiger partial charge in [0.15, 0.2) is 0 Å². The Labute approximate surface area is 218 Å². The average Bonchev–Trinajstić information content (AvgIpc) is 2.91. The Bertz CT molecular complexity index is 1110. The molecule has 0 fully saturated rings. The van der Waals surface area contributed by atoms with Crippen molar-refractivity contribution in [2.45, 2.75) is 19.3 Å². The van der Waals surface area contributed by atoms with Crippen molar-refractivity contribution in [3.63, 3.8) is 0 Å². The Balaban J connectivity index is 0.00000342. The molecule has 4 rings (SSSR count). The molecular weight excluding hydrogens is 517 g/mol. The lowest BCUT2D eigenvalue weighted by atomic mass is 10.2. The third-order valence-corrected chi connectivity index (χ3v) is 10.6. The van der Waals surface area contributed by atoms with E-state index in [1.54, 1.807) is 24.3 Å². The van der Waals surface area contributed by atoms with Gasteiger partial charge in [0.25, 0.3) is 5.91 Å². The first kappa shape index (κ1) is 26.5. The van der Waals surface area contributed by atoms with Crippen LogP contribution in [0.5, 0.6) is 0 Å². The second-order valence-electron chi connectivity index (χ2n) is 8.24. The van der Waals surface area contributed by atoms with Crippen LogP contribution in [0.3, 0.4) is 0 Å². The maximum atomic E-state index is 12.4. The molecule has 0 aliphatic rings. The van der Waals surface area contributed by atoms with Crippen molar-refractivity contribution in [1.29, 1.82) is 0 Å². The summed E-state index contributed by atoms with van der Waals surface area (Å²) in [7, 11) is -1.89. The number of rotatable bonds is 9. The Kier molecular flexibility index (Phi) is 9.96. The van der Waals surface area contributed by atoms with Crippen LogP contribution < -0.4 is 38.2 Å². The average molecular weight is 546 g/mol. The maximum Gasteiger partial charge on any atom is 0.257 e. The van der Waals surface area contributed by atoms with Gasteiger partial charge >= 0.3 is 0 Å². The van der Waals surface area contributed by atoms with Gasteiger partial charge in [-0.2, -0.15) is 0 Å². The number of nitrogens with one attached hydrogen (secondary N) is 1. The van der Waals surface area contributed by atoms with Gasteiger partial charge in [-0.25, -0.2) is 0 Å². The van der Waals surface area contributed by atoms with Crippen LogP contribution in [0.15, 0.2) is 121 Å². The molecule has 0 bridgehead atoms. The van der Waals surface area contributed by atoms with E-state index in [0.29, 0.717) is 12.0 Å². The van der Waals surface area contributed by atoms with E-state index in [2.05, 4.69) is 96.3 Å². The van der Waals surface area contributed by atoms with Crippen molar-refractivity contribution in [3.05, 3.63) is 127 Å². The summed E-state index contributed by atoms with van der Waals surface area (Å²) in [5, 5.41) is 6.55. The largest absolute Gasteiger partial charge is 1.00 e. The van der Waals surface area contributed by atoms with E-state index in [-0.39, 0.29) is 28.8 Å². The number of hydrogen-bond acceptors (Lipinski definition) is 2. The molecule has 0 aliphatic heterocycles. The zero-order valence-corrected chi connectivity index (χ0v) is 22.0. The zero-order chi connectivity index (χ0) is 23.6. The van der Waals surface area contributed by atoms with E-state index in [1.807, 2.05) is 6.07 Å². The molecule has 0 aliphatic carbocycles. The lowest BCUT2D eigenvalue weighted by molar-refractivity contribution is -0.120. The van der Waals surface area contributed by atoms with Crippen LogP contribution in [-0.2, 0) is 4.79 Å². The number of halogens is 1. The minimum atomic E-state index is -1.89. The van der Waals surface area contributed by atoms with Gasteiger partial charge in [0.05, 0.1) is 6.16 Å². The molecule has 5 heteroatoms. The molecule has 4 aromatic carbocycles. The fraction of sp³-hybridized carbons (Fsp3) is 0.133. The summed E-state index contributed by atoms with van der Waals surface area (Å²) in [6.45, 7) is 0. The second-order valence-corrected chi connectivity index (χ2v) is 11.9. The number of hydrogen-bond donors (Lipinski definition) is 1. The number of benzene rings is 4. The minimum absolute atomic E-state index is 0. The topological polar surface area (TPSA) is 46.2 Å². The molecule has 2 amide bonds. The van der Waals surface area contributed by atoms with Crippen molar-refractivity contribution in [1.82, 2.24) is 5.32 Å². The van der Waals surface area contributed by atoms with Crippen LogP contribution in [0.25, 0.3) is 0 Å². The normalized spacial score (nSPS) is 10.7. The highest BCUT2D eigenvalue weighted by Crippen LogP contribution is 2.55. The highest BCUT2D eigenvalue weighted by Gasteiger charge is 2.44. The molecule has 3 nitrogen and oxygen atoms in total. The number of unbranched alkanes of at least 4 members (excludes halogenated alkanes) is 1. The third kappa shape index (κ3) is 6.54. The van der Waals surface area contributed by atoms with Crippen LogP contribution in [0.4, 0.5) is 0 Å². The smallest absolute Gasteiger partial charge is 0.257 e. The van der Waals surface area contributed by atoms with E-state index >= 15 is 0 Å². The van der Waals surface area contributed by atoms with Crippen LogP contribution in [-0.4, -0.2) is 18.0 Å². The number of carbonyl (C=O) groups excluding carboxylic acids is 2. The summed E-state index contributed by atoms with van der Waals surface area (Å²) >= 11 is 0. The van der Waals surface area contributed by atoms with Crippen LogP contribution in [0, 0.1) is 0 Å². The van der Waals surface area contributed by atoms with E-state index in [1.165, 1.54) is 15.9 Å². The van der Waals surface area contributed by atoms with E-state index in [4.69, 9.17) is 0 Å². The summed E-state index contributed by atoms with van der Waals surface area (Å²) in [4.78, 5) is 24.7. The molecule has 178 valence electrons. The van der Waals surface area contributed by atoms with E-state index < -0.39 is 7.26 Å². The summed E-state index contributed by atoms with van der Waals surface area (Å²) < 4.78 is 0. The Hall–Kier alpha value is -3.07. The van der Waals surface area contributed by atoms with Crippen molar-refractivity contribution >= 4 is 35.0 Å². The number of carbonyl (C=O) groups is 2. The van der Waals surface area contributed by atoms with Crippen molar-refractivity contribution in [2.24, 2.45) is 0 Å². The minimum Gasteiger partial charge on any atom is -1.00 e. The lowest BCUT2D eigenvalue weighted by Crippen LogP contribution is -3.00. The van der Waals surface area contributed by atoms with Crippen molar-refractivity contribution in [3.8, 4) is 0 Å². The van der Waals surface area contributed by atoms with E-state index in [0.717, 1.165) is 19.0 Å². The van der Waals surface area contributed by atoms with Crippen LogP contribution in [0.1, 0.15) is 29.6 Å². The fourth-order valence-corrected chi connectivity index (χ4v) is 8.78. The molecule has 0 atom stereocenters. The first-order valence-electron chi connectivity index (χ1n) is 11.6. The second kappa shape index (κ2) is 13.1. The third-order valence-electron chi connectivity index (χ3n) is 6.03. The Morgan fingerprint density at radius 2 is 0.971 bits per heavy atom. The SMILES string of the molecule is O=C(CCCC[P+](c1ccccc1)(c1ccccc1)c1ccccc1)NC(=O)c1ccccc1.[Br-]. The number of imide groups is 1. The molecule has 0 saturated heterocycles. The molecule has 0 heterocycles. The van der Waals surface area contributed by atoms with Gasteiger partial charge in [0, 0.05) is 12.0 Å². The highest BCUT2D eigenvalue weighted by molar-refractivity contribution is 7.95. The van der Waals surface area contributed by atoms with Crippen molar-refractivity contribution < 1.29 is 26.6 Å². The Morgan fingerprint density at radius 3 is 1.40 bits per heavy atom. The van der Waals surface area contributed by atoms with Gasteiger partial charge in [-0.1, -0.05) is 72.8 Å². The predicted molar refractivity (Wildman–Crippen MR) is 143 cm³/mol. The monoisotopic (exact) mass is 545 g/mol. The standard InChI is InChI=1S/C30H28NO2P.BrH/c32-29(31-30(33)25-15-5-1-6-16-25)23-13-14-24-34(26-17-7-2-8-18-26,27-19-9-3-10-20-27)28-21-11-4-12-22-28;/h1-12,15-22H,13-14,23-24H2;1H. The fourth-order valence-electron chi connectivity index (χ4n) is 4.37. The summed E-state index contributed by atoms with van der Waals surface area (Å²) in [6, 6.07) is 41.1. The van der Waals surface area contributed by atoms with Crippen molar-refractivity contribution in [2.75, 3.05) is 6.16 Å². The molecule has 0 radical (unpaired) electrons. The molecule has 0 unspecified atom stereocenters. The molecule has 0 spiro atoms. The van der Waals surface area contributed by atoms with E-state index in [9.17, 15) is 9.59 Å². The van der Waals surface area contributed by atoms with Crippen LogP contribution in [0.2, 0.25) is 0 Å². The summed E-state index contributed by atoms with van der Waals surface area (Å²) in [5.41, 5.74) is 0.498. The summed E-state index contributed by atoms with van der Waals surface area (Å²) in [6.07, 6.45) is 2.91. The van der Waals surface area contributed by atoms with Gasteiger partial charge in [-0.05, 0) is 61.4 Å². The molecular formula is C30H29BrNO2P. The van der Waals surface area contributed by atoms with Gasteiger partial charge in [0.2, 0.25) is 5.91 Å². The molecule has 0 saturated carbocycles. The molecule has 0 aromatic heterocycles. The first-order valence-corrected chi connectivity index (χ1v) is 13.6. The van der Waals surface area contributed by atoms with Gasteiger partial charge in [0.1, 0.15) is 23.2 Å². The quantitative estimate of drug-likeness (QED) is 0.258. The first-order chi connectivity index (χ1) is 16.7. The van der Waals surface area contributed by atoms with Gasteiger partial charge < -0.3 is 17.0 Å². The Morgan fingerprint density at radius 1 is 0.571 bits per heavy atom. The molecule has 4 aromatic rings. The lowest BCUT2D eigenvalue weighted by Gasteiger charge is -2.27. The zero-order valence-electron chi connectivity index (χ0n) is 19.5. The highest BCUT2D eigenvalue weighted by atomic mass is 79.9. The van der Waals surface area contributed by atoms with Gasteiger partial charge in [-0.3, -0.25) is 14.9 Å².